The van der Waals surface area contributed by atoms with Crippen LogP contribution in [0.2, 0.25) is 0 Å². The fourth-order valence-electron chi connectivity index (χ4n) is 1.34. The molecule has 0 spiro atoms. The lowest BCUT2D eigenvalue weighted by Crippen LogP contribution is -2.13. The number of rotatable bonds is 9. The summed E-state index contributed by atoms with van der Waals surface area (Å²) >= 11 is 0. The third kappa shape index (κ3) is 8.18. The van der Waals surface area contributed by atoms with Gasteiger partial charge in [0.05, 0.1) is 12.2 Å². The van der Waals surface area contributed by atoms with Crippen LogP contribution in [-0.4, -0.2) is 37.5 Å². The normalized spacial score (nSPS) is 15.4. The van der Waals surface area contributed by atoms with E-state index < -0.39 is 33.2 Å². The van der Waals surface area contributed by atoms with Crippen molar-refractivity contribution in [1.29, 1.82) is 0 Å². The highest BCUT2D eigenvalue weighted by atomic mass is 31.2. The van der Waals surface area contributed by atoms with Gasteiger partial charge in [0.2, 0.25) is 0 Å². The molecule has 0 saturated heterocycles. The predicted octanol–water partition coefficient (Wildman–Crippen LogP) is 3.43. The highest BCUT2D eigenvalue weighted by molar-refractivity contribution is 7.73. The molecular weight excluding hydrogens is 306 g/mol. The average Bonchev–Trinajstić information content (AvgIpc) is 2.23. The van der Waals surface area contributed by atoms with Crippen LogP contribution in [0.15, 0.2) is 0 Å². The van der Waals surface area contributed by atoms with Crippen LogP contribution in [0.3, 0.4) is 0 Å². The maximum atomic E-state index is 12.6. The molecule has 1 unspecified atom stereocenters. The van der Waals surface area contributed by atoms with Gasteiger partial charge in [-0.3, -0.25) is 13.9 Å². The van der Waals surface area contributed by atoms with Crippen LogP contribution < -0.4 is 0 Å². The molecule has 0 rings (SSSR count). The number of hydrogen-bond donors (Lipinski definition) is 0. The highest BCUT2D eigenvalue weighted by Gasteiger charge is 2.39. The Hall–Kier alpha value is -0.190. The van der Waals surface area contributed by atoms with Crippen molar-refractivity contribution in [2.45, 2.75) is 46.8 Å². The topological polar surface area (TPSA) is 88.1 Å². The monoisotopic (exact) mass is 330 g/mol. The van der Waals surface area contributed by atoms with Gasteiger partial charge in [-0.05, 0) is 27.7 Å². The van der Waals surface area contributed by atoms with Crippen molar-refractivity contribution >= 4 is 20.9 Å². The van der Waals surface area contributed by atoms with E-state index in [0.29, 0.717) is 0 Å². The summed E-state index contributed by atoms with van der Waals surface area (Å²) in [5.74, 6) is -1.02. The average molecular weight is 330 g/mol. The van der Waals surface area contributed by atoms with Crippen molar-refractivity contribution in [2.24, 2.45) is 0 Å². The zero-order valence-electron chi connectivity index (χ0n) is 12.8. The lowest BCUT2D eigenvalue weighted by atomic mass is 10.5. The van der Waals surface area contributed by atoms with E-state index in [1.807, 2.05) is 0 Å². The second-order valence-electron chi connectivity index (χ2n) is 4.82. The Balaban J connectivity index is 5.04. The molecule has 0 saturated carbocycles. The molecule has 0 aliphatic carbocycles. The second kappa shape index (κ2) is 8.30. The summed E-state index contributed by atoms with van der Waals surface area (Å²) in [7, 11) is -5.85. The summed E-state index contributed by atoms with van der Waals surface area (Å²) in [4.78, 5) is 10.8. The maximum Gasteiger partial charge on any atom is 0.340 e. The van der Waals surface area contributed by atoms with E-state index in [2.05, 4.69) is 0 Å². The Morgan fingerprint density at radius 2 is 1.50 bits per heavy atom. The zero-order chi connectivity index (χ0) is 16.0. The van der Waals surface area contributed by atoms with E-state index in [-0.39, 0.29) is 12.2 Å². The molecule has 0 aliphatic rings. The van der Waals surface area contributed by atoms with Gasteiger partial charge < -0.3 is 18.3 Å². The number of hydrogen-bond acceptors (Lipinski definition) is 7. The van der Waals surface area contributed by atoms with E-state index in [1.165, 1.54) is 14.0 Å². The van der Waals surface area contributed by atoms with Crippen LogP contribution in [0.1, 0.15) is 34.6 Å². The Kier molecular flexibility index (Phi) is 8.22. The molecule has 0 N–H and O–H groups in total. The smallest absolute Gasteiger partial charge is 0.340 e. The number of carbonyl (C=O) groups is 1. The van der Waals surface area contributed by atoms with Gasteiger partial charge in [-0.25, -0.2) is 0 Å². The molecular formula is C11H24O7P2. The van der Waals surface area contributed by atoms with Gasteiger partial charge in [0.25, 0.3) is 7.37 Å². The Labute approximate surface area is 120 Å². The van der Waals surface area contributed by atoms with Crippen molar-refractivity contribution in [2.75, 3.05) is 19.4 Å². The van der Waals surface area contributed by atoms with Gasteiger partial charge in [0.1, 0.15) is 5.90 Å². The summed E-state index contributed by atoms with van der Waals surface area (Å²) in [5.41, 5.74) is 0. The third-order valence-corrected chi connectivity index (χ3v) is 7.71. The van der Waals surface area contributed by atoms with Crippen molar-refractivity contribution in [3.05, 3.63) is 0 Å². The highest BCUT2D eigenvalue weighted by Crippen LogP contribution is 2.64. The molecule has 0 aromatic rings. The van der Waals surface area contributed by atoms with Gasteiger partial charge in [-0.15, -0.1) is 0 Å². The lowest BCUT2D eigenvalue weighted by Gasteiger charge is -2.25. The van der Waals surface area contributed by atoms with Crippen LogP contribution in [0.5, 0.6) is 0 Å². The van der Waals surface area contributed by atoms with Gasteiger partial charge in [-0.1, -0.05) is 0 Å². The molecule has 0 aromatic carbocycles. The molecule has 0 amide bonds. The van der Waals surface area contributed by atoms with Crippen LogP contribution >= 0.6 is 15.0 Å². The van der Waals surface area contributed by atoms with Crippen molar-refractivity contribution in [3.8, 4) is 0 Å². The molecule has 7 nitrogen and oxygen atoms in total. The minimum absolute atomic E-state index is 0.362. The Bertz CT molecular complexity index is 392. The molecule has 0 heterocycles. The van der Waals surface area contributed by atoms with Crippen LogP contribution in [0.4, 0.5) is 0 Å². The minimum atomic E-state index is -3.61. The van der Waals surface area contributed by atoms with E-state index in [1.54, 1.807) is 27.7 Å². The molecule has 0 radical (unpaired) electrons. The second-order valence-corrected chi connectivity index (χ2v) is 9.85. The van der Waals surface area contributed by atoms with Crippen LogP contribution in [0.25, 0.3) is 0 Å². The van der Waals surface area contributed by atoms with Gasteiger partial charge in [-0.2, -0.15) is 0 Å². The fraction of sp³-hybridized carbons (Fsp3) is 0.909. The molecule has 1 atom stereocenters. The van der Waals surface area contributed by atoms with Gasteiger partial charge in [0.15, 0.2) is 6.35 Å². The van der Waals surface area contributed by atoms with E-state index >= 15 is 0 Å². The first-order valence-electron chi connectivity index (χ1n) is 6.25. The summed E-state index contributed by atoms with van der Waals surface area (Å²) in [6.45, 7) is 7.97. The summed E-state index contributed by atoms with van der Waals surface area (Å²) in [5, 5.41) is 0. The Morgan fingerprint density at radius 1 is 1.05 bits per heavy atom. The number of carbonyl (C=O) groups excluding carboxylic acids is 1. The number of ether oxygens (including phenoxy) is 1. The van der Waals surface area contributed by atoms with E-state index in [9.17, 15) is 13.9 Å². The van der Waals surface area contributed by atoms with Crippen molar-refractivity contribution in [3.63, 3.8) is 0 Å². The van der Waals surface area contributed by atoms with E-state index in [4.69, 9.17) is 18.3 Å². The zero-order valence-corrected chi connectivity index (χ0v) is 14.6. The lowest BCUT2D eigenvalue weighted by molar-refractivity contribution is -0.139. The summed E-state index contributed by atoms with van der Waals surface area (Å²) < 4.78 is 45.2. The quantitative estimate of drug-likeness (QED) is 0.472. The van der Waals surface area contributed by atoms with Gasteiger partial charge in [0, 0.05) is 14.0 Å². The van der Waals surface area contributed by atoms with E-state index in [0.717, 1.165) is 0 Å². The standard InChI is InChI=1S/C11H24O7P2/c1-9(2)17-20(14,18-10(3)4)8-19(13,15-6)7-16-11(5)12/h9-10H,7-8H2,1-6H3. The first kappa shape index (κ1) is 19.8. The molecule has 0 aliphatic heterocycles. The first-order valence-corrected chi connectivity index (χ1v) is 9.97. The summed E-state index contributed by atoms with van der Waals surface area (Å²) in [6, 6.07) is 0. The predicted molar refractivity (Wildman–Crippen MR) is 76.2 cm³/mol. The molecule has 0 fully saturated rings. The molecule has 120 valence electrons. The minimum Gasteiger partial charge on any atom is -0.455 e. The maximum absolute atomic E-state index is 12.6. The summed E-state index contributed by atoms with van der Waals surface area (Å²) in [6.07, 6.45) is -1.18. The SMILES string of the molecule is COP(=O)(COC(C)=O)CP(=O)(OC(C)C)OC(C)C. The fourth-order valence-corrected chi connectivity index (χ4v) is 6.59. The number of esters is 1. The Morgan fingerprint density at radius 3 is 1.80 bits per heavy atom. The molecule has 20 heavy (non-hydrogen) atoms. The largest absolute Gasteiger partial charge is 0.455 e. The molecule has 0 bridgehead atoms. The molecule has 0 aromatic heterocycles. The van der Waals surface area contributed by atoms with Crippen molar-refractivity contribution < 1.29 is 32.2 Å². The van der Waals surface area contributed by atoms with Crippen LogP contribution in [0, 0.1) is 0 Å². The van der Waals surface area contributed by atoms with Crippen LogP contribution in [-0.2, 0) is 32.2 Å². The molecule has 9 heteroatoms. The first-order chi connectivity index (χ1) is 9.02. The van der Waals surface area contributed by atoms with Crippen molar-refractivity contribution in [1.82, 2.24) is 0 Å². The van der Waals surface area contributed by atoms with Gasteiger partial charge >= 0.3 is 13.6 Å². The third-order valence-electron chi connectivity index (χ3n) is 1.93.